The zero-order chi connectivity index (χ0) is 18.6. The topological polar surface area (TPSA) is 64.0 Å². The molecular weight excluding hydrogens is 358 g/mol. The Balaban J connectivity index is 1.42. The predicted molar refractivity (Wildman–Crippen MR) is 109 cm³/mol. The summed E-state index contributed by atoms with van der Waals surface area (Å²) in [4.78, 5) is 32.1. The van der Waals surface area contributed by atoms with Gasteiger partial charge in [-0.05, 0) is 44.1 Å². The van der Waals surface area contributed by atoms with Gasteiger partial charge in [-0.15, -0.1) is 11.3 Å². The molecule has 1 amide bonds. The summed E-state index contributed by atoms with van der Waals surface area (Å²) >= 11 is 1.67. The first kappa shape index (κ1) is 18.7. The molecule has 2 aliphatic carbocycles. The summed E-state index contributed by atoms with van der Waals surface area (Å²) in [6.07, 6.45) is 14.8. The molecule has 2 heterocycles. The molecule has 5 nitrogen and oxygen atoms in total. The van der Waals surface area contributed by atoms with E-state index in [0.29, 0.717) is 19.0 Å². The van der Waals surface area contributed by atoms with Gasteiger partial charge < -0.3 is 5.32 Å². The third-order valence-electron chi connectivity index (χ3n) is 5.99. The zero-order valence-corrected chi connectivity index (χ0v) is 16.8. The van der Waals surface area contributed by atoms with Crippen LogP contribution in [0, 0.1) is 0 Å². The molecule has 1 N–H and O–H groups in total. The highest BCUT2D eigenvalue weighted by molar-refractivity contribution is 7.18. The summed E-state index contributed by atoms with van der Waals surface area (Å²) in [5, 5.41) is 3.99. The van der Waals surface area contributed by atoms with Crippen LogP contribution in [-0.4, -0.2) is 21.5 Å². The highest BCUT2D eigenvalue weighted by atomic mass is 32.1. The van der Waals surface area contributed by atoms with Crippen LogP contribution in [0.4, 0.5) is 0 Å². The third kappa shape index (κ3) is 4.26. The molecule has 0 spiro atoms. The first-order valence-electron chi connectivity index (χ1n) is 10.5. The molecule has 0 radical (unpaired) electrons. The van der Waals surface area contributed by atoms with E-state index in [1.54, 1.807) is 22.2 Å². The molecule has 0 saturated heterocycles. The van der Waals surface area contributed by atoms with Gasteiger partial charge in [0.15, 0.2) is 0 Å². The number of nitrogens with zero attached hydrogens (tertiary/aromatic N) is 2. The van der Waals surface area contributed by atoms with Gasteiger partial charge in [-0.2, -0.15) is 0 Å². The van der Waals surface area contributed by atoms with Gasteiger partial charge >= 0.3 is 0 Å². The smallest absolute Gasteiger partial charge is 0.262 e. The number of aryl methyl sites for hydroxylation is 3. The maximum atomic E-state index is 12.9. The molecule has 2 aromatic rings. The van der Waals surface area contributed by atoms with E-state index in [2.05, 4.69) is 10.3 Å². The molecule has 0 bridgehead atoms. The molecule has 6 heteroatoms. The van der Waals surface area contributed by atoms with Crippen molar-refractivity contribution in [2.24, 2.45) is 0 Å². The number of hydrogen-bond donors (Lipinski definition) is 1. The number of nitrogens with one attached hydrogen (secondary N) is 1. The van der Waals surface area contributed by atoms with Crippen LogP contribution in [0.15, 0.2) is 11.1 Å². The summed E-state index contributed by atoms with van der Waals surface area (Å²) in [6.45, 7) is 0.408. The van der Waals surface area contributed by atoms with E-state index in [4.69, 9.17) is 0 Å². The maximum absolute atomic E-state index is 12.9. The molecule has 0 unspecified atom stereocenters. The number of rotatable bonds is 4. The number of fused-ring (bicyclic) bond motifs is 3. The number of hydrogen-bond acceptors (Lipinski definition) is 4. The van der Waals surface area contributed by atoms with Crippen molar-refractivity contribution in [1.29, 1.82) is 0 Å². The van der Waals surface area contributed by atoms with Crippen LogP contribution in [-0.2, 0) is 24.2 Å². The quantitative estimate of drug-likeness (QED) is 0.864. The number of carbonyl (C=O) groups is 1. The second-order valence-corrected chi connectivity index (χ2v) is 9.08. The van der Waals surface area contributed by atoms with Gasteiger partial charge in [0.25, 0.3) is 5.56 Å². The van der Waals surface area contributed by atoms with Crippen molar-refractivity contribution in [3.05, 3.63) is 27.1 Å². The number of thiophene rings is 1. The Labute approximate surface area is 164 Å². The molecule has 4 rings (SSSR count). The Hall–Kier alpha value is -1.69. The van der Waals surface area contributed by atoms with Gasteiger partial charge in [-0.25, -0.2) is 4.98 Å². The third-order valence-corrected chi connectivity index (χ3v) is 7.19. The minimum Gasteiger partial charge on any atom is -0.353 e. The monoisotopic (exact) mass is 387 g/mol. The normalized spacial score (nSPS) is 18.7. The molecule has 0 aliphatic heterocycles. The molecule has 2 aliphatic rings. The lowest BCUT2D eigenvalue weighted by molar-refractivity contribution is -0.122. The van der Waals surface area contributed by atoms with Gasteiger partial charge in [0.1, 0.15) is 4.83 Å². The molecule has 2 aromatic heterocycles. The van der Waals surface area contributed by atoms with E-state index >= 15 is 0 Å². The van der Waals surface area contributed by atoms with Gasteiger partial charge in [-0.3, -0.25) is 14.2 Å². The number of aromatic nitrogens is 2. The molecular formula is C21H29N3O2S. The fourth-order valence-electron chi connectivity index (χ4n) is 4.46. The largest absolute Gasteiger partial charge is 0.353 e. The van der Waals surface area contributed by atoms with E-state index in [-0.39, 0.29) is 11.5 Å². The molecule has 1 fully saturated rings. The summed E-state index contributed by atoms with van der Waals surface area (Å²) in [6, 6.07) is 0.305. The second kappa shape index (κ2) is 8.55. The molecule has 0 atom stereocenters. The minimum atomic E-state index is 0.0261. The highest BCUT2D eigenvalue weighted by Gasteiger charge is 2.20. The van der Waals surface area contributed by atoms with Crippen molar-refractivity contribution in [3.63, 3.8) is 0 Å². The van der Waals surface area contributed by atoms with Crippen molar-refractivity contribution < 1.29 is 4.79 Å². The Morgan fingerprint density at radius 1 is 1.11 bits per heavy atom. The average Bonchev–Trinajstić information content (AvgIpc) is 3.02. The van der Waals surface area contributed by atoms with E-state index in [0.717, 1.165) is 42.3 Å². The van der Waals surface area contributed by atoms with Gasteiger partial charge in [0.2, 0.25) is 5.91 Å². The number of carbonyl (C=O) groups excluding carboxylic acids is 1. The van der Waals surface area contributed by atoms with Crippen molar-refractivity contribution in [1.82, 2.24) is 14.9 Å². The lowest BCUT2D eigenvalue weighted by Gasteiger charge is -2.21. The summed E-state index contributed by atoms with van der Waals surface area (Å²) < 4.78 is 1.63. The Morgan fingerprint density at radius 3 is 2.67 bits per heavy atom. The van der Waals surface area contributed by atoms with Crippen LogP contribution in [0.2, 0.25) is 0 Å². The Bertz CT molecular complexity index is 862. The molecule has 27 heavy (non-hydrogen) atoms. The fraction of sp³-hybridized carbons (Fsp3) is 0.667. The Morgan fingerprint density at radius 2 is 1.85 bits per heavy atom. The van der Waals surface area contributed by atoms with E-state index < -0.39 is 0 Å². The van der Waals surface area contributed by atoms with Crippen LogP contribution in [0.3, 0.4) is 0 Å². The van der Waals surface area contributed by atoms with Crippen molar-refractivity contribution >= 4 is 27.5 Å². The van der Waals surface area contributed by atoms with Crippen molar-refractivity contribution in [3.8, 4) is 0 Å². The first-order valence-corrected chi connectivity index (χ1v) is 11.3. The molecule has 146 valence electrons. The Kier molecular flexibility index (Phi) is 5.91. The second-order valence-electron chi connectivity index (χ2n) is 7.99. The zero-order valence-electron chi connectivity index (χ0n) is 16.0. The predicted octanol–water partition coefficient (Wildman–Crippen LogP) is 3.96. The van der Waals surface area contributed by atoms with Gasteiger partial charge in [0.05, 0.1) is 11.7 Å². The summed E-state index contributed by atoms with van der Waals surface area (Å²) in [7, 11) is 0. The average molecular weight is 388 g/mol. The van der Waals surface area contributed by atoms with Crippen LogP contribution >= 0.6 is 11.3 Å². The molecule has 0 aromatic carbocycles. The van der Waals surface area contributed by atoms with Crippen LogP contribution in [0.25, 0.3) is 10.2 Å². The molecule has 1 saturated carbocycles. The summed E-state index contributed by atoms with van der Waals surface area (Å²) in [5.41, 5.74) is 1.24. The fourth-order valence-corrected chi connectivity index (χ4v) is 5.68. The maximum Gasteiger partial charge on any atom is 0.262 e. The SMILES string of the molecule is O=C(CCn1cnc2sc3c(c2c1=O)CCCC3)NC1CCCCCCC1. The lowest BCUT2D eigenvalue weighted by Crippen LogP contribution is -2.36. The minimum absolute atomic E-state index is 0.0261. The van der Waals surface area contributed by atoms with E-state index in [1.165, 1.54) is 49.0 Å². The van der Waals surface area contributed by atoms with E-state index in [1.807, 2.05) is 0 Å². The lowest BCUT2D eigenvalue weighted by atomic mass is 9.96. The number of amides is 1. The summed E-state index contributed by atoms with van der Waals surface area (Å²) in [5.74, 6) is 0.0555. The van der Waals surface area contributed by atoms with Crippen LogP contribution in [0.5, 0.6) is 0 Å². The van der Waals surface area contributed by atoms with Crippen LogP contribution < -0.4 is 10.9 Å². The van der Waals surface area contributed by atoms with Crippen LogP contribution in [0.1, 0.15) is 74.6 Å². The van der Waals surface area contributed by atoms with Crippen molar-refractivity contribution in [2.45, 2.75) is 89.6 Å². The van der Waals surface area contributed by atoms with Gasteiger partial charge in [-0.1, -0.05) is 32.1 Å². The van der Waals surface area contributed by atoms with Crippen molar-refractivity contribution in [2.75, 3.05) is 0 Å². The first-order chi connectivity index (χ1) is 13.2. The van der Waals surface area contributed by atoms with Gasteiger partial charge in [0, 0.05) is 23.9 Å². The highest BCUT2D eigenvalue weighted by Crippen LogP contribution is 2.33. The standard InChI is InChI=1S/C21H29N3O2S/c25-18(23-15-8-4-2-1-3-5-9-15)12-13-24-14-22-20-19(21(24)26)16-10-6-7-11-17(16)27-20/h14-15H,1-13H2,(H,23,25). The van der Waals surface area contributed by atoms with E-state index in [9.17, 15) is 9.59 Å².